The van der Waals surface area contributed by atoms with Crippen LogP contribution in [0.5, 0.6) is 0 Å². The van der Waals surface area contributed by atoms with Crippen molar-refractivity contribution >= 4 is 28.9 Å². The zero-order valence-electron chi connectivity index (χ0n) is 14.2. The van der Waals surface area contributed by atoms with Gasteiger partial charge >= 0.3 is 5.97 Å². The summed E-state index contributed by atoms with van der Waals surface area (Å²) in [6.45, 7) is 5.82. The molecule has 0 unspecified atom stereocenters. The number of rotatable bonds is 7. The summed E-state index contributed by atoms with van der Waals surface area (Å²) in [7, 11) is 0. The van der Waals surface area contributed by atoms with Gasteiger partial charge in [0.2, 0.25) is 0 Å². The molecule has 2 rings (SSSR count). The van der Waals surface area contributed by atoms with Crippen molar-refractivity contribution < 1.29 is 14.3 Å². The lowest BCUT2D eigenvalue weighted by molar-refractivity contribution is -0.153. The molecule has 4 nitrogen and oxygen atoms in total. The normalized spacial score (nSPS) is 12.0. The van der Waals surface area contributed by atoms with Gasteiger partial charge in [-0.15, -0.1) is 11.3 Å². The average molecular weight is 345 g/mol. The zero-order valence-corrected chi connectivity index (χ0v) is 15.1. The molecule has 1 amide bonds. The van der Waals surface area contributed by atoms with E-state index in [1.807, 2.05) is 41.8 Å². The molecule has 1 aromatic carbocycles. The SMILES string of the molecule is CC(C)c1ccc(NC(=O)[C@H](C)OC(=O)CCc2cccs2)cc1. The average Bonchev–Trinajstić information content (AvgIpc) is 3.06. The number of hydrogen-bond donors (Lipinski definition) is 1. The van der Waals surface area contributed by atoms with E-state index in [9.17, 15) is 9.59 Å². The van der Waals surface area contributed by atoms with Crippen molar-refractivity contribution in [2.75, 3.05) is 5.32 Å². The largest absolute Gasteiger partial charge is 0.453 e. The van der Waals surface area contributed by atoms with Crippen LogP contribution in [0.4, 0.5) is 5.69 Å². The quantitative estimate of drug-likeness (QED) is 0.758. The van der Waals surface area contributed by atoms with Crippen LogP contribution >= 0.6 is 11.3 Å². The van der Waals surface area contributed by atoms with Gasteiger partial charge in [-0.2, -0.15) is 0 Å². The van der Waals surface area contributed by atoms with E-state index in [1.165, 1.54) is 5.56 Å². The summed E-state index contributed by atoms with van der Waals surface area (Å²) in [5.41, 5.74) is 1.91. The minimum atomic E-state index is -0.814. The van der Waals surface area contributed by atoms with E-state index in [0.717, 1.165) is 4.88 Å². The summed E-state index contributed by atoms with van der Waals surface area (Å²) in [6, 6.07) is 11.6. The van der Waals surface area contributed by atoms with E-state index < -0.39 is 6.10 Å². The summed E-state index contributed by atoms with van der Waals surface area (Å²) in [6.07, 6.45) is 0.105. The van der Waals surface area contributed by atoms with Crippen LogP contribution in [0.25, 0.3) is 0 Å². The van der Waals surface area contributed by atoms with E-state index in [1.54, 1.807) is 18.3 Å². The maximum Gasteiger partial charge on any atom is 0.306 e. The van der Waals surface area contributed by atoms with Gasteiger partial charge in [-0.25, -0.2) is 0 Å². The van der Waals surface area contributed by atoms with Crippen LogP contribution in [0.1, 0.15) is 43.6 Å². The van der Waals surface area contributed by atoms with Gasteiger partial charge in [-0.3, -0.25) is 9.59 Å². The molecule has 0 fully saturated rings. The summed E-state index contributed by atoms with van der Waals surface area (Å²) < 4.78 is 5.20. The lowest BCUT2D eigenvalue weighted by atomic mass is 10.0. The fourth-order valence-corrected chi connectivity index (χ4v) is 2.89. The Kier molecular flexibility index (Phi) is 6.55. The number of hydrogen-bond acceptors (Lipinski definition) is 4. The molecule has 0 aliphatic rings. The molecule has 2 aromatic rings. The van der Waals surface area contributed by atoms with Crippen LogP contribution in [-0.4, -0.2) is 18.0 Å². The third kappa shape index (κ3) is 5.49. The molecule has 1 aromatic heterocycles. The highest BCUT2D eigenvalue weighted by atomic mass is 32.1. The Labute approximate surface area is 146 Å². The first-order chi connectivity index (χ1) is 11.5. The maximum atomic E-state index is 12.1. The van der Waals surface area contributed by atoms with E-state index in [-0.39, 0.29) is 18.3 Å². The van der Waals surface area contributed by atoms with E-state index in [4.69, 9.17) is 4.74 Å². The second-order valence-corrected chi connectivity index (χ2v) is 7.01. The summed E-state index contributed by atoms with van der Waals surface area (Å²) in [4.78, 5) is 25.1. The number of carbonyl (C=O) groups excluding carboxylic acids is 2. The standard InChI is InChI=1S/C19H23NO3S/c1-13(2)15-6-8-16(9-7-15)20-19(22)14(3)23-18(21)11-10-17-5-4-12-24-17/h4-9,12-14H,10-11H2,1-3H3,(H,20,22)/t14-/m0/s1. The van der Waals surface area contributed by atoms with Gasteiger partial charge in [-0.05, 0) is 48.4 Å². The Morgan fingerprint density at radius 1 is 1.12 bits per heavy atom. The number of ether oxygens (including phenoxy) is 1. The molecule has 0 saturated carbocycles. The van der Waals surface area contributed by atoms with Crippen molar-refractivity contribution in [3.63, 3.8) is 0 Å². The van der Waals surface area contributed by atoms with Crippen LogP contribution in [0.3, 0.4) is 0 Å². The Bertz CT molecular complexity index is 662. The van der Waals surface area contributed by atoms with Crippen molar-refractivity contribution in [1.82, 2.24) is 0 Å². The molecule has 0 saturated heterocycles. The Balaban J connectivity index is 1.79. The minimum Gasteiger partial charge on any atom is -0.453 e. The predicted octanol–water partition coefficient (Wildman–Crippen LogP) is 4.37. The van der Waals surface area contributed by atoms with Crippen molar-refractivity contribution in [2.24, 2.45) is 0 Å². The molecule has 1 N–H and O–H groups in total. The third-order valence-corrected chi connectivity index (χ3v) is 4.61. The summed E-state index contributed by atoms with van der Waals surface area (Å²) in [5, 5.41) is 4.74. The Hall–Kier alpha value is -2.14. The van der Waals surface area contributed by atoms with Crippen molar-refractivity contribution in [1.29, 1.82) is 0 Å². The number of nitrogens with one attached hydrogen (secondary N) is 1. The molecule has 0 bridgehead atoms. The van der Waals surface area contributed by atoms with Gasteiger partial charge in [0.05, 0.1) is 6.42 Å². The van der Waals surface area contributed by atoms with Gasteiger partial charge in [0.25, 0.3) is 5.91 Å². The summed E-state index contributed by atoms with van der Waals surface area (Å²) >= 11 is 1.61. The van der Waals surface area contributed by atoms with E-state index in [2.05, 4.69) is 19.2 Å². The molecule has 1 atom stereocenters. The predicted molar refractivity (Wildman–Crippen MR) is 97.4 cm³/mol. The highest BCUT2D eigenvalue weighted by molar-refractivity contribution is 7.09. The first-order valence-electron chi connectivity index (χ1n) is 8.08. The van der Waals surface area contributed by atoms with Crippen molar-refractivity contribution in [3.8, 4) is 0 Å². The first-order valence-corrected chi connectivity index (χ1v) is 8.96. The smallest absolute Gasteiger partial charge is 0.306 e. The van der Waals surface area contributed by atoms with E-state index in [0.29, 0.717) is 18.0 Å². The second-order valence-electron chi connectivity index (χ2n) is 5.98. The van der Waals surface area contributed by atoms with Crippen molar-refractivity contribution in [2.45, 2.75) is 45.6 Å². The van der Waals surface area contributed by atoms with Crippen LogP contribution in [0.15, 0.2) is 41.8 Å². The third-order valence-electron chi connectivity index (χ3n) is 3.68. The molecule has 5 heteroatoms. The van der Waals surface area contributed by atoms with Gasteiger partial charge in [0, 0.05) is 10.6 Å². The van der Waals surface area contributed by atoms with Gasteiger partial charge in [0.1, 0.15) is 0 Å². The molecule has 0 spiro atoms. The molecule has 1 heterocycles. The van der Waals surface area contributed by atoms with Gasteiger partial charge < -0.3 is 10.1 Å². The monoisotopic (exact) mass is 345 g/mol. The molecular weight excluding hydrogens is 322 g/mol. The number of esters is 1. The lowest BCUT2D eigenvalue weighted by Gasteiger charge is -2.14. The van der Waals surface area contributed by atoms with Crippen LogP contribution in [0, 0.1) is 0 Å². The molecule has 0 radical (unpaired) electrons. The molecule has 128 valence electrons. The molecular formula is C19H23NO3S. The lowest BCUT2D eigenvalue weighted by Crippen LogP contribution is -2.30. The molecule has 0 aliphatic carbocycles. The zero-order chi connectivity index (χ0) is 17.5. The Morgan fingerprint density at radius 2 is 1.83 bits per heavy atom. The number of benzene rings is 1. The maximum absolute atomic E-state index is 12.1. The second kappa shape index (κ2) is 8.64. The van der Waals surface area contributed by atoms with Crippen molar-refractivity contribution in [3.05, 3.63) is 52.2 Å². The fraction of sp³-hybridized carbons (Fsp3) is 0.368. The molecule has 0 aliphatic heterocycles. The Morgan fingerprint density at radius 3 is 2.42 bits per heavy atom. The van der Waals surface area contributed by atoms with E-state index >= 15 is 0 Å². The van der Waals surface area contributed by atoms with Gasteiger partial charge in [-0.1, -0.05) is 32.0 Å². The van der Waals surface area contributed by atoms with Crippen LogP contribution in [0.2, 0.25) is 0 Å². The highest BCUT2D eigenvalue weighted by Gasteiger charge is 2.18. The highest BCUT2D eigenvalue weighted by Crippen LogP contribution is 2.17. The molecule has 24 heavy (non-hydrogen) atoms. The first kappa shape index (κ1) is 18.2. The van der Waals surface area contributed by atoms with Gasteiger partial charge in [0.15, 0.2) is 6.10 Å². The number of amides is 1. The topological polar surface area (TPSA) is 55.4 Å². The van der Waals surface area contributed by atoms with Crippen LogP contribution in [-0.2, 0) is 20.7 Å². The number of aryl methyl sites for hydroxylation is 1. The minimum absolute atomic E-state index is 0.279. The summed E-state index contributed by atoms with van der Waals surface area (Å²) in [5.74, 6) is -0.240. The van der Waals surface area contributed by atoms with Crippen LogP contribution < -0.4 is 5.32 Å². The number of anilines is 1. The number of carbonyl (C=O) groups is 2. The fourth-order valence-electron chi connectivity index (χ4n) is 2.18. The number of thiophene rings is 1.